The van der Waals surface area contributed by atoms with Crippen molar-refractivity contribution in [1.82, 2.24) is 0 Å². The molecular weight excluding hydrogens is 144 g/mol. The zero-order valence-electron chi connectivity index (χ0n) is 8.19. The second-order valence-electron chi connectivity index (χ2n) is 4.35. The predicted octanol–water partition coefficient (Wildman–Crippen LogP) is 3.84. The van der Waals surface area contributed by atoms with Gasteiger partial charge in [-0.15, -0.1) is 0 Å². The smallest absolute Gasteiger partial charge is 0.0189 e. The van der Waals surface area contributed by atoms with Crippen LogP contribution in [0.2, 0.25) is 0 Å². The molecule has 0 aromatic rings. The molecule has 0 heteroatoms. The van der Waals surface area contributed by atoms with E-state index in [9.17, 15) is 0 Å². The molecule has 0 heterocycles. The van der Waals surface area contributed by atoms with Crippen molar-refractivity contribution in [1.29, 1.82) is 0 Å². The standard InChI is InChI=1S/C12H18/c1-9-7-10(2)12-6-4-3-5-11(12)8-9/h8,10H,3-7H2,1-2H3. The summed E-state index contributed by atoms with van der Waals surface area (Å²) in [6, 6.07) is 0. The van der Waals surface area contributed by atoms with Crippen LogP contribution in [0.1, 0.15) is 46.0 Å². The van der Waals surface area contributed by atoms with Crippen LogP contribution in [0, 0.1) is 5.92 Å². The van der Waals surface area contributed by atoms with Gasteiger partial charge in [0.05, 0.1) is 0 Å². The maximum Gasteiger partial charge on any atom is -0.0189 e. The summed E-state index contributed by atoms with van der Waals surface area (Å²) in [5, 5.41) is 0. The third-order valence-electron chi connectivity index (χ3n) is 3.20. The van der Waals surface area contributed by atoms with Crippen molar-refractivity contribution in [2.45, 2.75) is 46.0 Å². The molecule has 0 fully saturated rings. The fourth-order valence-electron chi connectivity index (χ4n) is 2.64. The van der Waals surface area contributed by atoms with Gasteiger partial charge < -0.3 is 0 Å². The van der Waals surface area contributed by atoms with Gasteiger partial charge >= 0.3 is 0 Å². The van der Waals surface area contributed by atoms with Crippen LogP contribution in [0.3, 0.4) is 0 Å². The molecule has 0 saturated carbocycles. The van der Waals surface area contributed by atoms with Gasteiger partial charge in [0, 0.05) is 0 Å². The first-order chi connectivity index (χ1) is 5.77. The minimum absolute atomic E-state index is 0.838. The van der Waals surface area contributed by atoms with Crippen LogP contribution in [0.4, 0.5) is 0 Å². The van der Waals surface area contributed by atoms with Gasteiger partial charge in [-0.3, -0.25) is 0 Å². The lowest BCUT2D eigenvalue weighted by atomic mass is 9.78. The monoisotopic (exact) mass is 162 g/mol. The summed E-state index contributed by atoms with van der Waals surface area (Å²) >= 11 is 0. The van der Waals surface area contributed by atoms with Crippen LogP contribution in [0.25, 0.3) is 0 Å². The predicted molar refractivity (Wildman–Crippen MR) is 53.0 cm³/mol. The SMILES string of the molecule is CC1=CC2=C(CCCC2)C(C)C1. The number of hydrogen-bond acceptors (Lipinski definition) is 0. The van der Waals surface area contributed by atoms with E-state index in [1.54, 1.807) is 16.7 Å². The van der Waals surface area contributed by atoms with E-state index < -0.39 is 0 Å². The largest absolute Gasteiger partial charge is 0.0725 e. The van der Waals surface area contributed by atoms with Crippen LogP contribution in [-0.4, -0.2) is 0 Å². The molecule has 0 aromatic heterocycles. The third-order valence-corrected chi connectivity index (χ3v) is 3.20. The summed E-state index contributed by atoms with van der Waals surface area (Å²) < 4.78 is 0. The molecule has 0 spiro atoms. The Balaban J connectivity index is 2.31. The number of allylic oxidation sites excluding steroid dienone is 4. The Hall–Kier alpha value is -0.520. The van der Waals surface area contributed by atoms with E-state index in [2.05, 4.69) is 19.9 Å². The van der Waals surface area contributed by atoms with Gasteiger partial charge in [0.1, 0.15) is 0 Å². The lowest BCUT2D eigenvalue weighted by Crippen LogP contribution is -2.11. The Labute approximate surface area is 75.4 Å². The lowest BCUT2D eigenvalue weighted by molar-refractivity contribution is 0.557. The minimum atomic E-state index is 0.838. The van der Waals surface area contributed by atoms with Crippen LogP contribution in [-0.2, 0) is 0 Å². The van der Waals surface area contributed by atoms with E-state index in [0.717, 1.165) is 5.92 Å². The average molecular weight is 162 g/mol. The van der Waals surface area contributed by atoms with E-state index in [1.165, 1.54) is 32.1 Å². The van der Waals surface area contributed by atoms with Crippen molar-refractivity contribution in [3.8, 4) is 0 Å². The summed E-state index contributed by atoms with van der Waals surface area (Å²) in [6.07, 6.45) is 9.30. The molecule has 1 unspecified atom stereocenters. The zero-order valence-corrected chi connectivity index (χ0v) is 8.19. The minimum Gasteiger partial charge on any atom is -0.0725 e. The molecule has 0 bridgehead atoms. The fourth-order valence-corrected chi connectivity index (χ4v) is 2.64. The second kappa shape index (κ2) is 3.08. The fraction of sp³-hybridized carbons (Fsp3) is 0.667. The Morgan fingerprint density at radius 3 is 2.83 bits per heavy atom. The second-order valence-corrected chi connectivity index (χ2v) is 4.35. The van der Waals surface area contributed by atoms with Crippen molar-refractivity contribution >= 4 is 0 Å². The van der Waals surface area contributed by atoms with Gasteiger partial charge in [-0.05, 0) is 50.5 Å². The summed E-state index contributed by atoms with van der Waals surface area (Å²) in [4.78, 5) is 0. The Kier molecular flexibility index (Phi) is 2.08. The summed E-state index contributed by atoms with van der Waals surface area (Å²) in [7, 11) is 0. The van der Waals surface area contributed by atoms with Gasteiger partial charge in [-0.2, -0.15) is 0 Å². The van der Waals surface area contributed by atoms with E-state index >= 15 is 0 Å². The highest BCUT2D eigenvalue weighted by molar-refractivity contribution is 5.35. The summed E-state index contributed by atoms with van der Waals surface area (Å²) in [6.45, 7) is 4.66. The molecule has 2 aliphatic rings. The number of hydrogen-bond donors (Lipinski definition) is 0. The Morgan fingerprint density at radius 1 is 1.25 bits per heavy atom. The van der Waals surface area contributed by atoms with Crippen LogP contribution < -0.4 is 0 Å². The molecule has 0 aliphatic heterocycles. The van der Waals surface area contributed by atoms with E-state index in [1.807, 2.05) is 0 Å². The summed E-state index contributed by atoms with van der Waals surface area (Å²) in [5.74, 6) is 0.838. The molecule has 0 nitrogen and oxygen atoms in total. The molecular formula is C12H18. The molecule has 0 N–H and O–H groups in total. The maximum atomic E-state index is 2.44. The first-order valence-electron chi connectivity index (χ1n) is 5.16. The van der Waals surface area contributed by atoms with Gasteiger partial charge in [-0.25, -0.2) is 0 Å². The number of rotatable bonds is 0. The molecule has 0 saturated heterocycles. The molecule has 2 rings (SSSR count). The zero-order chi connectivity index (χ0) is 8.55. The van der Waals surface area contributed by atoms with Crippen LogP contribution in [0.5, 0.6) is 0 Å². The first kappa shape index (κ1) is 8.10. The topological polar surface area (TPSA) is 0 Å². The normalized spacial score (nSPS) is 29.8. The lowest BCUT2D eigenvalue weighted by Gasteiger charge is -2.28. The third kappa shape index (κ3) is 1.35. The summed E-state index contributed by atoms with van der Waals surface area (Å²) in [5.41, 5.74) is 5.03. The highest BCUT2D eigenvalue weighted by Gasteiger charge is 2.20. The average Bonchev–Trinajstić information content (AvgIpc) is 2.04. The molecule has 66 valence electrons. The van der Waals surface area contributed by atoms with Crippen molar-refractivity contribution < 1.29 is 0 Å². The van der Waals surface area contributed by atoms with Crippen LogP contribution in [0.15, 0.2) is 22.8 Å². The molecule has 2 aliphatic carbocycles. The van der Waals surface area contributed by atoms with Crippen molar-refractivity contribution in [3.63, 3.8) is 0 Å². The molecule has 0 amide bonds. The highest BCUT2D eigenvalue weighted by Crippen LogP contribution is 2.37. The van der Waals surface area contributed by atoms with Crippen molar-refractivity contribution in [3.05, 3.63) is 22.8 Å². The molecule has 12 heavy (non-hydrogen) atoms. The quantitative estimate of drug-likeness (QED) is 0.507. The van der Waals surface area contributed by atoms with E-state index in [4.69, 9.17) is 0 Å². The molecule has 0 radical (unpaired) electrons. The molecule has 1 atom stereocenters. The van der Waals surface area contributed by atoms with E-state index in [0.29, 0.717) is 0 Å². The maximum absolute atomic E-state index is 2.44. The Morgan fingerprint density at radius 2 is 2.00 bits per heavy atom. The highest BCUT2D eigenvalue weighted by atomic mass is 14.3. The van der Waals surface area contributed by atoms with Gasteiger partial charge in [0.2, 0.25) is 0 Å². The first-order valence-corrected chi connectivity index (χ1v) is 5.16. The Bertz CT molecular complexity index is 243. The van der Waals surface area contributed by atoms with E-state index in [-0.39, 0.29) is 0 Å². The van der Waals surface area contributed by atoms with Crippen molar-refractivity contribution in [2.75, 3.05) is 0 Å². The van der Waals surface area contributed by atoms with Gasteiger partial charge in [0.15, 0.2) is 0 Å². The van der Waals surface area contributed by atoms with Gasteiger partial charge in [0.25, 0.3) is 0 Å². The van der Waals surface area contributed by atoms with Gasteiger partial charge in [-0.1, -0.05) is 24.1 Å². The van der Waals surface area contributed by atoms with Crippen molar-refractivity contribution in [2.24, 2.45) is 5.92 Å². The molecule has 0 aromatic carbocycles. The van der Waals surface area contributed by atoms with Crippen LogP contribution >= 0.6 is 0 Å².